The number of carbonyl (C=O) groups is 1. The number of fused-ring (bicyclic) bond motifs is 2. The Labute approximate surface area is 241 Å². The maximum Gasteiger partial charge on any atom is 0.306 e. The van der Waals surface area contributed by atoms with Crippen molar-refractivity contribution in [3.05, 3.63) is 76.1 Å². The predicted octanol–water partition coefficient (Wildman–Crippen LogP) is 7.27. The first kappa shape index (κ1) is 28.9. The number of hydrogen-bond acceptors (Lipinski definition) is 6. The highest BCUT2D eigenvalue weighted by Crippen LogP contribution is 2.45. The molecule has 2 aliphatic rings. The Kier molecular flexibility index (Phi) is 8.28. The Bertz CT molecular complexity index is 1420. The van der Waals surface area contributed by atoms with E-state index in [4.69, 9.17) is 23.7 Å². The van der Waals surface area contributed by atoms with Crippen molar-refractivity contribution in [2.24, 2.45) is 5.41 Å². The molecule has 1 heterocycles. The summed E-state index contributed by atoms with van der Waals surface area (Å²) >= 11 is 0. The van der Waals surface area contributed by atoms with Crippen molar-refractivity contribution in [3.63, 3.8) is 0 Å². The molecule has 6 nitrogen and oxygen atoms in total. The summed E-state index contributed by atoms with van der Waals surface area (Å²) in [5.74, 6) is 1.58. The van der Waals surface area contributed by atoms with E-state index in [1.165, 1.54) is 7.11 Å². The number of methoxy groups -OCH3 is 2. The fraction of sp³-hybridized carbons (Fsp3) is 0.441. The first-order chi connectivity index (χ1) is 19.6. The summed E-state index contributed by atoms with van der Waals surface area (Å²) in [5.41, 5.74) is 6.78. The smallest absolute Gasteiger partial charge is 0.306 e. The lowest BCUT2D eigenvalue weighted by Crippen LogP contribution is -2.26. The molecule has 0 aromatic heterocycles. The third-order valence-electron chi connectivity index (χ3n) is 8.01. The van der Waals surface area contributed by atoms with Gasteiger partial charge in [0.2, 0.25) is 0 Å². The van der Waals surface area contributed by atoms with Crippen LogP contribution in [0.25, 0.3) is 11.1 Å². The summed E-state index contributed by atoms with van der Waals surface area (Å²) in [5, 5.41) is 0. The Morgan fingerprint density at radius 2 is 1.78 bits per heavy atom. The Hall–Kier alpha value is -3.58. The number of ether oxygens (including phenoxy) is 5. The van der Waals surface area contributed by atoms with E-state index in [2.05, 4.69) is 39.8 Å². The molecule has 0 saturated heterocycles. The number of carbonyl (C=O) groups excluding carboxylic acids is 1. The summed E-state index contributed by atoms with van der Waals surface area (Å²) in [6, 6.07) is 13.2. The van der Waals surface area contributed by atoms with Crippen molar-refractivity contribution in [1.29, 1.82) is 0 Å². The van der Waals surface area contributed by atoms with Crippen molar-refractivity contribution in [3.8, 4) is 28.4 Å². The molecule has 7 heteroatoms. The summed E-state index contributed by atoms with van der Waals surface area (Å²) in [6.07, 6.45) is 1.27. The van der Waals surface area contributed by atoms with Crippen LogP contribution in [0.2, 0.25) is 0 Å². The fourth-order valence-electron chi connectivity index (χ4n) is 6.12. The maximum atomic E-state index is 15.3. The molecule has 3 aromatic carbocycles. The van der Waals surface area contributed by atoms with E-state index in [1.54, 1.807) is 13.2 Å². The number of esters is 1. The van der Waals surface area contributed by atoms with Crippen molar-refractivity contribution < 1.29 is 32.9 Å². The molecule has 0 spiro atoms. The molecular formula is C34H39FO6. The molecule has 41 heavy (non-hydrogen) atoms. The van der Waals surface area contributed by atoms with Crippen LogP contribution in [0.3, 0.4) is 0 Å². The van der Waals surface area contributed by atoms with Gasteiger partial charge in [0.15, 0.2) is 0 Å². The van der Waals surface area contributed by atoms with Gasteiger partial charge in [0.1, 0.15) is 29.2 Å². The van der Waals surface area contributed by atoms with Gasteiger partial charge in [-0.3, -0.25) is 4.79 Å². The minimum absolute atomic E-state index is 0.0428. The highest BCUT2D eigenvalue weighted by Gasteiger charge is 2.32. The molecule has 1 unspecified atom stereocenters. The second-order valence-corrected chi connectivity index (χ2v) is 11.9. The van der Waals surface area contributed by atoms with Crippen LogP contribution in [0.4, 0.5) is 4.39 Å². The zero-order chi connectivity index (χ0) is 29.3. The topological polar surface area (TPSA) is 63.2 Å². The lowest BCUT2D eigenvalue weighted by molar-refractivity contribution is -0.141. The highest BCUT2D eigenvalue weighted by atomic mass is 19.1. The van der Waals surface area contributed by atoms with Crippen molar-refractivity contribution in [1.82, 2.24) is 0 Å². The molecule has 1 aliphatic carbocycles. The van der Waals surface area contributed by atoms with Crippen LogP contribution in [0.5, 0.6) is 17.2 Å². The number of halogens is 1. The summed E-state index contributed by atoms with van der Waals surface area (Å²) in [4.78, 5) is 11.8. The second-order valence-electron chi connectivity index (χ2n) is 11.9. The third-order valence-corrected chi connectivity index (χ3v) is 8.01. The third kappa shape index (κ3) is 6.05. The van der Waals surface area contributed by atoms with Crippen LogP contribution in [0, 0.1) is 25.1 Å². The average Bonchev–Trinajstić information content (AvgIpc) is 3.53. The zero-order valence-electron chi connectivity index (χ0n) is 24.8. The quantitative estimate of drug-likeness (QED) is 0.242. The van der Waals surface area contributed by atoms with E-state index >= 15 is 4.39 Å². The number of aryl methyl sites for hydroxylation is 2. The van der Waals surface area contributed by atoms with E-state index in [0.717, 1.165) is 45.6 Å². The maximum absolute atomic E-state index is 15.3. The van der Waals surface area contributed by atoms with Crippen LogP contribution >= 0.6 is 0 Å². The largest absolute Gasteiger partial charge is 0.493 e. The SMILES string of the molecule is COCC(C)(C)COc1cc(C)c(-c2ccc(F)c3c2CC[C@H]3Oc2ccc3c(c2)OCC3CC(=O)OC)c(C)c1. The molecule has 218 valence electrons. The molecule has 0 saturated carbocycles. The standard InChI is InChI=1S/C34H39FO6/c1-20-13-24(40-19-34(3,4)18-37-5)14-21(2)32(20)26-9-11-28(35)33-27(26)10-12-29(33)41-23-7-8-25-22(15-31(36)38-6)17-39-30(25)16-23/h7-9,11,13-14,16,22,29H,10,12,15,17-19H2,1-6H3/t22?,29-/m1/s1. The van der Waals surface area contributed by atoms with E-state index < -0.39 is 6.10 Å². The van der Waals surface area contributed by atoms with Crippen molar-refractivity contribution >= 4 is 5.97 Å². The van der Waals surface area contributed by atoms with E-state index in [1.807, 2.05) is 24.3 Å². The van der Waals surface area contributed by atoms with Crippen LogP contribution in [0.15, 0.2) is 42.5 Å². The number of rotatable bonds is 10. The second kappa shape index (κ2) is 11.7. The highest BCUT2D eigenvalue weighted by molar-refractivity contribution is 5.76. The van der Waals surface area contributed by atoms with E-state index in [0.29, 0.717) is 43.3 Å². The summed E-state index contributed by atoms with van der Waals surface area (Å²) in [6.45, 7) is 9.96. The van der Waals surface area contributed by atoms with E-state index in [-0.39, 0.29) is 29.5 Å². The lowest BCUT2D eigenvalue weighted by atomic mass is 9.90. The van der Waals surface area contributed by atoms with Crippen LogP contribution in [0.1, 0.15) is 66.5 Å². The molecule has 0 fully saturated rings. The van der Waals surface area contributed by atoms with Gasteiger partial charge in [-0.05, 0) is 78.8 Å². The predicted molar refractivity (Wildman–Crippen MR) is 155 cm³/mol. The Balaban J connectivity index is 1.37. The van der Waals surface area contributed by atoms with E-state index in [9.17, 15) is 4.79 Å². The molecule has 2 atom stereocenters. The molecule has 0 radical (unpaired) electrons. The molecular weight excluding hydrogens is 523 g/mol. The fourth-order valence-corrected chi connectivity index (χ4v) is 6.12. The molecule has 0 amide bonds. The van der Waals surface area contributed by atoms with Gasteiger partial charge < -0.3 is 23.7 Å². The summed E-state index contributed by atoms with van der Waals surface area (Å²) < 4.78 is 43.8. The van der Waals surface area contributed by atoms with Crippen LogP contribution in [-0.2, 0) is 20.7 Å². The van der Waals surface area contributed by atoms with Crippen LogP contribution < -0.4 is 14.2 Å². The first-order valence-corrected chi connectivity index (χ1v) is 14.1. The van der Waals surface area contributed by atoms with Gasteiger partial charge in [-0.1, -0.05) is 26.0 Å². The van der Waals surface area contributed by atoms with Gasteiger partial charge in [-0.25, -0.2) is 4.39 Å². The Morgan fingerprint density at radius 1 is 1.02 bits per heavy atom. The average molecular weight is 563 g/mol. The van der Waals surface area contributed by atoms with Gasteiger partial charge in [0.05, 0.1) is 33.4 Å². The van der Waals surface area contributed by atoms with Crippen molar-refractivity contribution in [2.75, 3.05) is 34.0 Å². The van der Waals surface area contributed by atoms with Gasteiger partial charge in [-0.15, -0.1) is 0 Å². The van der Waals surface area contributed by atoms with Gasteiger partial charge in [-0.2, -0.15) is 0 Å². The van der Waals surface area contributed by atoms with Gasteiger partial charge >= 0.3 is 5.97 Å². The van der Waals surface area contributed by atoms with Gasteiger partial charge in [0, 0.05) is 35.6 Å². The monoisotopic (exact) mass is 562 g/mol. The zero-order valence-corrected chi connectivity index (χ0v) is 24.8. The molecule has 5 rings (SSSR count). The lowest BCUT2D eigenvalue weighted by Gasteiger charge is -2.24. The van der Waals surface area contributed by atoms with Crippen LogP contribution in [-0.4, -0.2) is 40.0 Å². The molecule has 0 bridgehead atoms. The number of hydrogen-bond donors (Lipinski definition) is 0. The van der Waals surface area contributed by atoms with Crippen molar-refractivity contribution in [2.45, 2.75) is 59.0 Å². The summed E-state index contributed by atoms with van der Waals surface area (Å²) in [7, 11) is 3.09. The van der Waals surface area contributed by atoms with Gasteiger partial charge in [0.25, 0.3) is 0 Å². The normalized spacial score (nSPS) is 17.5. The molecule has 3 aromatic rings. The molecule has 1 aliphatic heterocycles. The minimum Gasteiger partial charge on any atom is -0.493 e. The Morgan fingerprint density at radius 3 is 2.49 bits per heavy atom. The molecule has 0 N–H and O–H groups in total. The number of benzene rings is 3. The first-order valence-electron chi connectivity index (χ1n) is 14.1. The minimum atomic E-state index is -0.401.